The number of thiol groups is 1. The van der Waals surface area contributed by atoms with Crippen molar-refractivity contribution in [3.05, 3.63) is 46.3 Å². The SMILES string of the molecule is SCc1cc(Nc2ccc(Cl)c(Cl)c2)[c]o1. The Morgan fingerprint density at radius 3 is 2.69 bits per heavy atom. The zero-order valence-corrected chi connectivity index (χ0v) is 10.5. The van der Waals surface area contributed by atoms with Gasteiger partial charge in [0.2, 0.25) is 0 Å². The number of hydrogen-bond donors (Lipinski definition) is 2. The largest absolute Gasteiger partial charge is 0.455 e. The molecule has 83 valence electrons. The zero-order chi connectivity index (χ0) is 11.5. The molecule has 0 bridgehead atoms. The van der Waals surface area contributed by atoms with Crippen molar-refractivity contribution < 1.29 is 4.42 Å². The van der Waals surface area contributed by atoms with Crippen molar-refractivity contribution in [3.63, 3.8) is 0 Å². The Balaban J connectivity index is 2.17. The number of rotatable bonds is 3. The van der Waals surface area contributed by atoms with Crippen LogP contribution in [0.4, 0.5) is 11.4 Å². The summed E-state index contributed by atoms with van der Waals surface area (Å²) in [6.07, 6.45) is 2.73. The summed E-state index contributed by atoms with van der Waals surface area (Å²) >= 11 is 15.8. The molecular weight excluding hydrogens is 265 g/mol. The molecule has 2 aromatic rings. The lowest BCUT2D eigenvalue weighted by Crippen LogP contribution is -1.87. The van der Waals surface area contributed by atoms with E-state index in [4.69, 9.17) is 27.6 Å². The Labute approximate surface area is 109 Å². The smallest absolute Gasteiger partial charge is 0.195 e. The summed E-state index contributed by atoms with van der Waals surface area (Å²) < 4.78 is 5.12. The fourth-order valence-corrected chi connectivity index (χ4v) is 1.66. The van der Waals surface area contributed by atoms with E-state index in [2.05, 4.69) is 24.2 Å². The topological polar surface area (TPSA) is 25.2 Å². The van der Waals surface area contributed by atoms with Gasteiger partial charge < -0.3 is 9.73 Å². The number of anilines is 2. The predicted molar refractivity (Wildman–Crippen MR) is 70.0 cm³/mol. The fourth-order valence-electron chi connectivity index (χ4n) is 1.21. The molecule has 2 nitrogen and oxygen atoms in total. The van der Waals surface area contributed by atoms with Crippen molar-refractivity contribution in [3.8, 4) is 0 Å². The minimum atomic E-state index is 0.504. The molecule has 0 aliphatic carbocycles. The van der Waals surface area contributed by atoms with E-state index in [1.807, 2.05) is 12.1 Å². The summed E-state index contributed by atoms with van der Waals surface area (Å²) in [6, 6.07) is 7.13. The maximum absolute atomic E-state index is 5.89. The van der Waals surface area contributed by atoms with Crippen molar-refractivity contribution in [2.24, 2.45) is 0 Å². The third kappa shape index (κ3) is 2.67. The highest BCUT2D eigenvalue weighted by Gasteiger charge is 2.03. The van der Waals surface area contributed by atoms with Crippen LogP contribution in [-0.2, 0) is 5.75 Å². The lowest BCUT2D eigenvalue weighted by molar-refractivity contribution is 0.523. The third-order valence-electron chi connectivity index (χ3n) is 1.95. The summed E-state index contributed by atoms with van der Waals surface area (Å²) in [4.78, 5) is 0. The molecule has 1 radical (unpaired) electrons. The highest BCUT2D eigenvalue weighted by atomic mass is 35.5. The van der Waals surface area contributed by atoms with E-state index in [0.717, 1.165) is 17.1 Å². The van der Waals surface area contributed by atoms with Crippen molar-refractivity contribution in [2.75, 3.05) is 5.32 Å². The van der Waals surface area contributed by atoms with E-state index in [1.165, 1.54) is 0 Å². The van der Waals surface area contributed by atoms with Gasteiger partial charge in [-0.15, -0.1) is 0 Å². The highest BCUT2D eigenvalue weighted by Crippen LogP contribution is 2.27. The number of furan rings is 1. The first-order valence-electron chi connectivity index (χ1n) is 4.52. The van der Waals surface area contributed by atoms with E-state index < -0.39 is 0 Å². The van der Waals surface area contributed by atoms with Crippen LogP contribution in [0, 0.1) is 6.26 Å². The third-order valence-corrected chi connectivity index (χ3v) is 3.00. The van der Waals surface area contributed by atoms with Crippen LogP contribution in [0.15, 0.2) is 28.7 Å². The molecule has 5 heteroatoms. The van der Waals surface area contributed by atoms with Crippen molar-refractivity contribution in [2.45, 2.75) is 5.75 Å². The van der Waals surface area contributed by atoms with Crippen LogP contribution in [0.3, 0.4) is 0 Å². The van der Waals surface area contributed by atoms with Crippen LogP contribution < -0.4 is 5.32 Å². The molecule has 16 heavy (non-hydrogen) atoms. The van der Waals surface area contributed by atoms with Crippen LogP contribution in [0.5, 0.6) is 0 Å². The first-order chi connectivity index (χ1) is 7.69. The second-order valence-electron chi connectivity index (χ2n) is 3.14. The molecule has 0 aliphatic heterocycles. The van der Waals surface area contributed by atoms with Crippen LogP contribution in [-0.4, -0.2) is 0 Å². The van der Waals surface area contributed by atoms with Crippen LogP contribution in [0.2, 0.25) is 10.0 Å². The van der Waals surface area contributed by atoms with Gasteiger partial charge in [0.15, 0.2) is 6.26 Å². The van der Waals surface area contributed by atoms with Gasteiger partial charge in [0.05, 0.1) is 15.7 Å². The Hall–Kier alpha value is -0.770. The van der Waals surface area contributed by atoms with E-state index in [9.17, 15) is 0 Å². The van der Waals surface area contributed by atoms with Gasteiger partial charge in [0, 0.05) is 17.5 Å². The molecule has 1 aromatic carbocycles. The normalized spacial score (nSPS) is 10.4. The van der Waals surface area contributed by atoms with E-state index in [-0.39, 0.29) is 0 Å². The van der Waals surface area contributed by atoms with Gasteiger partial charge in [0.1, 0.15) is 5.76 Å². The Morgan fingerprint density at radius 1 is 1.25 bits per heavy atom. The Morgan fingerprint density at radius 2 is 2.06 bits per heavy atom. The summed E-state index contributed by atoms with van der Waals surface area (Å²) in [5.41, 5.74) is 1.57. The first kappa shape index (κ1) is 11.7. The van der Waals surface area contributed by atoms with E-state index >= 15 is 0 Å². The first-order valence-corrected chi connectivity index (χ1v) is 5.91. The second kappa shape index (κ2) is 5.04. The molecular formula is C11H8Cl2NOS. The molecule has 0 saturated carbocycles. The Bertz CT molecular complexity index is 498. The standard InChI is InChI=1S/C11H8Cl2NOS/c12-10-2-1-7(4-11(10)13)14-8-3-9(6-16)15-5-8/h1-4,14,16H,6H2. The minimum Gasteiger partial charge on any atom is -0.455 e. The van der Waals surface area contributed by atoms with Crippen LogP contribution in [0.25, 0.3) is 0 Å². The van der Waals surface area contributed by atoms with Crippen molar-refractivity contribution in [1.29, 1.82) is 0 Å². The summed E-state index contributed by atoms with van der Waals surface area (Å²) in [5, 5.41) is 4.13. The number of halogens is 2. The van der Waals surface area contributed by atoms with Crippen molar-refractivity contribution >= 4 is 47.2 Å². The van der Waals surface area contributed by atoms with E-state index in [0.29, 0.717) is 15.8 Å². The minimum absolute atomic E-state index is 0.504. The van der Waals surface area contributed by atoms with Gasteiger partial charge in [-0.3, -0.25) is 0 Å². The summed E-state index contributed by atoms with van der Waals surface area (Å²) in [7, 11) is 0. The average Bonchev–Trinajstić information content (AvgIpc) is 2.71. The number of hydrogen-bond acceptors (Lipinski definition) is 3. The molecule has 0 unspecified atom stereocenters. The fraction of sp³-hybridized carbons (Fsp3) is 0.0909. The van der Waals surface area contributed by atoms with Crippen molar-refractivity contribution in [1.82, 2.24) is 0 Å². The molecule has 1 N–H and O–H groups in total. The molecule has 0 spiro atoms. The molecule has 0 fully saturated rings. The quantitative estimate of drug-likeness (QED) is 0.801. The number of nitrogens with one attached hydrogen (secondary N) is 1. The molecule has 0 saturated heterocycles. The molecule has 1 heterocycles. The van der Waals surface area contributed by atoms with Gasteiger partial charge in [-0.05, 0) is 18.2 Å². The monoisotopic (exact) mass is 272 g/mol. The van der Waals surface area contributed by atoms with E-state index in [1.54, 1.807) is 12.1 Å². The van der Waals surface area contributed by atoms with Gasteiger partial charge in [-0.1, -0.05) is 23.2 Å². The summed E-state index contributed by atoms with van der Waals surface area (Å²) in [5.74, 6) is 1.30. The summed E-state index contributed by atoms with van der Waals surface area (Å²) in [6.45, 7) is 0. The molecule has 1 aromatic heterocycles. The molecule has 2 rings (SSSR count). The maximum atomic E-state index is 5.89. The lowest BCUT2D eigenvalue weighted by Gasteiger charge is -2.03. The van der Waals surface area contributed by atoms with Crippen LogP contribution >= 0.6 is 35.8 Å². The lowest BCUT2D eigenvalue weighted by atomic mass is 10.3. The maximum Gasteiger partial charge on any atom is 0.195 e. The molecule has 0 aliphatic rings. The zero-order valence-electron chi connectivity index (χ0n) is 8.13. The van der Waals surface area contributed by atoms with Gasteiger partial charge in [0.25, 0.3) is 0 Å². The van der Waals surface area contributed by atoms with Crippen LogP contribution in [0.1, 0.15) is 5.76 Å². The Kier molecular flexibility index (Phi) is 3.69. The van der Waals surface area contributed by atoms with Gasteiger partial charge >= 0.3 is 0 Å². The highest BCUT2D eigenvalue weighted by molar-refractivity contribution is 7.79. The van der Waals surface area contributed by atoms with Gasteiger partial charge in [-0.2, -0.15) is 12.6 Å². The second-order valence-corrected chi connectivity index (χ2v) is 4.27. The average molecular weight is 273 g/mol. The van der Waals surface area contributed by atoms with Gasteiger partial charge in [-0.25, -0.2) is 0 Å². The predicted octanol–water partition coefficient (Wildman–Crippen LogP) is 4.56. The molecule has 0 amide bonds. The number of benzene rings is 1. The molecule has 0 atom stereocenters.